The van der Waals surface area contributed by atoms with Crippen LogP contribution in [0.5, 0.6) is 0 Å². The SMILES string of the molecule is Cc1ccc(-c2nnc(CCC(=O)NCc3nc4ccccc4n3C)o2)s1. The van der Waals surface area contributed by atoms with Crippen molar-refractivity contribution in [3.63, 3.8) is 0 Å². The van der Waals surface area contributed by atoms with Crippen LogP contribution in [0.2, 0.25) is 0 Å². The standard InChI is InChI=1S/C19H19N5O2S/c1-12-7-8-15(27-12)19-23-22-18(26-19)10-9-17(25)20-11-16-21-13-5-3-4-6-14(13)24(16)2/h3-8H,9-11H2,1-2H3,(H,20,25). The number of nitrogens with zero attached hydrogens (tertiary/aromatic N) is 4. The summed E-state index contributed by atoms with van der Waals surface area (Å²) >= 11 is 1.60. The number of aryl methyl sites for hydroxylation is 3. The highest BCUT2D eigenvalue weighted by atomic mass is 32.1. The van der Waals surface area contributed by atoms with Gasteiger partial charge in [0.25, 0.3) is 5.89 Å². The normalized spacial score (nSPS) is 11.2. The van der Waals surface area contributed by atoms with E-state index in [0.717, 1.165) is 21.7 Å². The fourth-order valence-corrected chi connectivity index (χ4v) is 3.63. The zero-order chi connectivity index (χ0) is 18.8. The number of fused-ring (bicyclic) bond motifs is 1. The summed E-state index contributed by atoms with van der Waals surface area (Å²) in [6, 6.07) is 11.9. The van der Waals surface area contributed by atoms with Gasteiger partial charge in [0, 0.05) is 24.8 Å². The number of rotatable bonds is 6. The number of aromatic nitrogens is 4. The molecule has 0 atom stereocenters. The molecule has 1 aromatic carbocycles. The number of hydrogen-bond donors (Lipinski definition) is 1. The van der Waals surface area contributed by atoms with Crippen molar-refractivity contribution in [2.24, 2.45) is 7.05 Å². The van der Waals surface area contributed by atoms with E-state index in [1.165, 1.54) is 4.88 Å². The van der Waals surface area contributed by atoms with Crippen LogP contribution in [0.15, 0.2) is 40.8 Å². The van der Waals surface area contributed by atoms with Gasteiger partial charge in [-0.05, 0) is 31.2 Å². The minimum absolute atomic E-state index is 0.0752. The third kappa shape index (κ3) is 3.75. The number of amides is 1. The number of benzene rings is 1. The van der Waals surface area contributed by atoms with Crippen molar-refractivity contribution in [2.75, 3.05) is 0 Å². The Labute approximate surface area is 160 Å². The minimum atomic E-state index is -0.0752. The third-order valence-electron chi connectivity index (χ3n) is 4.31. The molecule has 0 aliphatic carbocycles. The Hall–Kier alpha value is -3.00. The smallest absolute Gasteiger partial charge is 0.257 e. The van der Waals surface area contributed by atoms with Crippen molar-refractivity contribution in [2.45, 2.75) is 26.3 Å². The fourth-order valence-electron chi connectivity index (χ4n) is 2.84. The first-order chi connectivity index (χ1) is 13.1. The number of hydrogen-bond acceptors (Lipinski definition) is 6. The summed E-state index contributed by atoms with van der Waals surface area (Å²) in [5.41, 5.74) is 1.97. The number of carbonyl (C=O) groups is 1. The Bertz CT molecular complexity index is 1090. The van der Waals surface area contributed by atoms with Crippen molar-refractivity contribution < 1.29 is 9.21 Å². The molecule has 4 rings (SSSR count). The van der Waals surface area contributed by atoms with Crippen LogP contribution in [0.3, 0.4) is 0 Å². The van der Waals surface area contributed by atoms with E-state index in [9.17, 15) is 4.79 Å². The van der Waals surface area contributed by atoms with Gasteiger partial charge in [-0.15, -0.1) is 21.5 Å². The summed E-state index contributed by atoms with van der Waals surface area (Å²) in [7, 11) is 1.95. The van der Waals surface area contributed by atoms with Gasteiger partial charge in [0.05, 0.1) is 22.5 Å². The molecular formula is C19H19N5O2S. The molecule has 0 saturated heterocycles. The molecule has 0 fully saturated rings. The first kappa shape index (κ1) is 17.4. The molecule has 0 radical (unpaired) electrons. The van der Waals surface area contributed by atoms with Gasteiger partial charge in [0.1, 0.15) is 5.82 Å². The summed E-state index contributed by atoms with van der Waals surface area (Å²) in [6.45, 7) is 2.41. The maximum atomic E-state index is 12.2. The topological polar surface area (TPSA) is 85.8 Å². The van der Waals surface area contributed by atoms with Crippen LogP contribution < -0.4 is 5.32 Å². The Morgan fingerprint density at radius 2 is 2.07 bits per heavy atom. The molecule has 0 bridgehead atoms. The molecule has 0 unspecified atom stereocenters. The summed E-state index contributed by atoms with van der Waals surface area (Å²) in [5.74, 6) is 1.71. The first-order valence-electron chi connectivity index (χ1n) is 8.66. The van der Waals surface area contributed by atoms with E-state index in [4.69, 9.17) is 4.42 Å². The predicted molar refractivity (Wildman–Crippen MR) is 103 cm³/mol. The number of carbonyl (C=O) groups excluding carboxylic acids is 1. The molecular weight excluding hydrogens is 362 g/mol. The van der Waals surface area contributed by atoms with Crippen molar-refractivity contribution in [1.29, 1.82) is 0 Å². The lowest BCUT2D eigenvalue weighted by Gasteiger charge is -2.04. The van der Waals surface area contributed by atoms with Gasteiger partial charge in [0.15, 0.2) is 0 Å². The zero-order valence-electron chi connectivity index (χ0n) is 15.1. The van der Waals surface area contributed by atoms with Gasteiger partial charge in [-0.25, -0.2) is 4.98 Å². The van der Waals surface area contributed by atoms with Gasteiger partial charge in [-0.1, -0.05) is 12.1 Å². The van der Waals surface area contributed by atoms with E-state index in [1.54, 1.807) is 11.3 Å². The van der Waals surface area contributed by atoms with Crippen LogP contribution in [-0.4, -0.2) is 25.7 Å². The van der Waals surface area contributed by atoms with E-state index in [1.807, 2.05) is 54.9 Å². The molecule has 138 valence electrons. The van der Waals surface area contributed by atoms with Gasteiger partial charge in [-0.3, -0.25) is 4.79 Å². The largest absolute Gasteiger partial charge is 0.420 e. The number of para-hydroxylation sites is 2. The fraction of sp³-hybridized carbons (Fsp3) is 0.263. The maximum Gasteiger partial charge on any atom is 0.257 e. The van der Waals surface area contributed by atoms with Gasteiger partial charge in [0.2, 0.25) is 11.8 Å². The van der Waals surface area contributed by atoms with E-state index in [0.29, 0.717) is 24.7 Å². The van der Waals surface area contributed by atoms with Crippen LogP contribution in [-0.2, 0) is 24.8 Å². The average Bonchev–Trinajstić information content (AvgIpc) is 3.38. The van der Waals surface area contributed by atoms with Crippen molar-refractivity contribution in [3.8, 4) is 10.8 Å². The maximum absolute atomic E-state index is 12.2. The second kappa shape index (κ2) is 7.32. The molecule has 3 aromatic heterocycles. The van der Waals surface area contributed by atoms with E-state index in [-0.39, 0.29) is 12.3 Å². The molecule has 27 heavy (non-hydrogen) atoms. The van der Waals surface area contributed by atoms with E-state index in [2.05, 4.69) is 20.5 Å². The Morgan fingerprint density at radius 1 is 1.22 bits per heavy atom. The van der Waals surface area contributed by atoms with Crippen LogP contribution in [0.4, 0.5) is 0 Å². The summed E-state index contributed by atoms with van der Waals surface area (Å²) in [6.07, 6.45) is 0.695. The summed E-state index contributed by atoms with van der Waals surface area (Å²) < 4.78 is 7.64. The highest BCUT2D eigenvalue weighted by molar-refractivity contribution is 7.15. The van der Waals surface area contributed by atoms with Gasteiger partial charge >= 0.3 is 0 Å². The molecule has 8 heteroatoms. The number of imidazole rings is 1. The molecule has 7 nitrogen and oxygen atoms in total. The third-order valence-corrected chi connectivity index (χ3v) is 5.30. The number of thiophene rings is 1. The van der Waals surface area contributed by atoms with Gasteiger partial charge < -0.3 is 14.3 Å². The summed E-state index contributed by atoms with van der Waals surface area (Å²) in [4.78, 5) is 18.8. The molecule has 0 saturated carbocycles. The Balaban J connectivity index is 1.32. The van der Waals surface area contributed by atoms with E-state index >= 15 is 0 Å². The molecule has 1 amide bonds. The molecule has 3 heterocycles. The summed E-state index contributed by atoms with van der Waals surface area (Å²) in [5, 5.41) is 11.0. The van der Waals surface area contributed by atoms with E-state index < -0.39 is 0 Å². The molecule has 0 aliphatic rings. The minimum Gasteiger partial charge on any atom is -0.420 e. The lowest BCUT2D eigenvalue weighted by Crippen LogP contribution is -2.24. The lowest BCUT2D eigenvalue weighted by atomic mass is 10.3. The molecule has 1 N–H and O–H groups in total. The number of nitrogens with one attached hydrogen (secondary N) is 1. The molecule has 0 aliphatic heterocycles. The first-order valence-corrected chi connectivity index (χ1v) is 9.48. The highest BCUT2D eigenvalue weighted by Gasteiger charge is 2.13. The van der Waals surface area contributed by atoms with Gasteiger partial charge in [-0.2, -0.15) is 0 Å². The predicted octanol–water partition coefficient (Wildman–Crippen LogP) is 3.24. The average molecular weight is 381 g/mol. The Morgan fingerprint density at radius 3 is 2.85 bits per heavy atom. The highest BCUT2D eigenvalue weighted by Crippen LogP contribution is 2.26. The molecule has 0 spiro atoms. The van der Waals surface area contributed by atoms with Crippen molar-refractivity contribution >= 4 is 28.3 Å². The van der Waals surface area contributed by atoms with Crippen molar-refractivity contribution in [3.05, 3.63) is 53.0 Å². The van der Waals surface area contributed by atoms with Crippen LogP contribution in [0.25, 0.3) is 21.8 Å². The monoisotopic (exact) mass is 381 g/mol. The van der Waals surface area contributed by atoms with Crippen LogP contribution >= 0.6 is 11.3 Å². The second-order valence-electron chi connectivity index (χ2n) is 6.26. The molecule has 4 aromatic rings. The van der Waals surface area contributed by atoms with Crippen molar-refractivity contribution in [1.82, 2.24) is 25.1 Å². The Kier molecular flexibility index (Phi) is 4.72. The van der Waals surface area contributed by atoms with Crippen LogP contribution in [0, 0.1) is 6.92 Å². The quantitative estimate of drug-likeness (QED) is 0.554. The van der Waals surface area contributed by atoms with Crippen LogP contribution in [0.1, 0.15) is 23.0 Å². The second-order valence-corrected chi connectivity index (χ2v) is 7.55. The zero-order valence-corrected chi connectivity index (χ0v) is 15.9. The lowest BCUT2D eigenvalue weighted by molar-refractivity contribution is -0.121.